The van der Waals surface area contributed by atoms with Crippen LogP contribution in [0.1, 0.15) is 32.1 Å². The minimum atomic E-state index is -0.533. The van der Waals surface area contributed by atoms with Gasteiger partial charge >= 0.3 is 0 Å². The van der Waals surface area contributed by atoms with E-state index in [1.807, 2.05) is 0 Å². The Kier molecular flexibility index (Phi) is 6.97. The second-order valence-corrected chi connectivity index (χ2v) is 4.83. The number of carbonyl (C=O) groups is 1. The van der Waals surface area contributed by atoms with Gasteiger partial charge in [0.05, 0.1) is 15.6 Å². The summed E-state index contributed by atoms with van der Waals surface area (Å²) in [6.07, 6.45) is 4.13. The van der Waals surface area contributed by atoms with Crippen molar-refractivity contribution in [1.82, 2.24) is 0 Å². The van der Waals surface area contributed by atoms with E-state index in [-0.39, 0.29) is 16.6 Å². The minimum absolute atomic E-state index is 0.102. The molecule has 3 N–H and O–H groups in total. The summed E-state index contributed by atoms with van der Waals surface area (Å²) in [4.78, 5) is 21.7. The molecular formula is C13H18ClN3O3. The van der Waals surface area contributed by atoms with Gasteiger partial charge in [0.15, 0.2) is 0 Å². The summed E-state index contributed by atoms with van der Waals surface area (Å²) in [5, 5.41) is 13.4. The predicted octanol–water partition coefficient (Wildman–Crippen LogP) is 3.10. The van der Waals surface area contributed by atoms with Gasteiger partial charge in [-0.2, -0.15) is 0 Å². The number of hydrogen-bond acceptors (Lipinski definition) is 4. The first-order valence-corrected chi connectivity index (χ1v) is 6.86. The molecule has 7 heteroatoms. The molecule has 0 aliphatic rings. The second kappa shape index (κ2) is 8.50. The first kappa shape index (κ1) is 16.4. The van der Waals surface area contributed by atoms with E-state index in [4.69, 9.17) is 17.3 Å². The highest BCUT2D eigenvalue weighted by Gasteiger charge is 2.11. The lowest BCUT2D eigenvalue weighted by atomic mass is 10.1. The monoisotopic (exact) mass is 299 g/mol. The quantitative estimate of drug-likeness (QED) is 0.438. The number of hydrogen-bond donors (Lipinski definition) is 2. The Morgan fingerprint density at radius 3 is 2.60 bits per heavy atom. The van der Waals surface area contributed by atoms with Gasteiger partial charge in [0, 0.05) is 18.6 Å². The Balaban J connectivity index is 2.44. The fourth-order valence-electron chi connectivity index (χ4n) is 1.72. The molecule has 0 aromatic heterocycles. The van der Waals surface area contributed by atoms with Crippen molar-refractivity contribution in [3.63, 3.8) is 0 Å². The predicted molar refractivity (Wildman–Crippen MR) is 78.9 cm³/mol. The van der Waals surface area contributed by atoms with E-state index < -0.39 is 4.92 Å². The summed E-state index contributed by atoms with van der Waals surface area (Å²) in [6.45, 7) is 0.671. The maximum absolute atomic E-state index is 11.7. The molecule has 0 fully saturated rings. The van der Waals surface area contributed by atoms with Crippen molar-refractivity contribution in [2.45, 2.75) is 32.1 Å². The van der Waals surface area contributed by atoms with E-state index in [1.165, 1.54) is 18.2 Å². The molecule has 0 spiro atoms. The number of nitro groups is 1. The van der Waals surface area contributed by atoms with Crippen molar-refractivity contribution in [1.29, 1.82) is 0 Å². The zero-order valence-electron chi connectivity index (χ0n) is 11.1. The first-order valence-electron chi connectivity index (χ1n) is 6.48. The van der Waals surface area contributed by atoms with Crippen molar-refractivity contribution in [3.05, 3.63) is 33.3 Å². The van der Waals surface area contributed by atoms with Crippen molar-refractivity contribution in [3.8, 4) is 0 Å². The number of rotatable bonds is 8. The zero-order chi connectivity index (χ0) is 15.0. The van der Waals surface area contributed by atoms with E-state index >= 15 is 0 Å². The van der Waals surface area contributed by atoms with Crippen LogP contribution in [0.4, 0.5) is 11.4 Å². The van der Waals surface area contributed by atoms with Gasteiger partial charge in [0.25, 0.3) is 5.69 Å². The molecule has 6 nitrogen and oxygen atoms in total. The molecule has 1 amide bonds. The number of nitrogens with zero attached hydrogens (tertiary/aromatic N) is 1. The molecule has 0 saturated heterocycles. The van der Waals surface area contributed by atoms with Gasteiger partial charge < -0.3 is 11.1 Å². The van der Waals surface area contributed by atoms with Crippen LogP contribution in [-0.4, -0.2) is 17.4 Å². The Bertz CT molecular complexity index is 480. The third-order valence-electron chi connectivity index (χ3n) is 2.80. The summed E-state index contributed by atoms with van der Waals surface area (Å²) >= 11 is 5.89. The standard InChI is InChI=1S/C13H18ClN3O3/c14-11-9-10(17(19)20)6-7-12(11)16-13(18)5-3-1-2-4-8-15/h6-7,9H,1-5,8,15H2,(H,16,18). The first-order chi connectivity index (χ1) is 9.54. The zero-order valence-corrected chi connectivity index (χ0v) is 11.9. The van der Waals surface area contributed by atoms with Gasteiger partial charge in [0.1, 0.15) is 0 Å². The molecule has 0 aliphatic heterocycles. The van der Waals surface area contributed by atoms with Crippen LogP contribution in [0.25, 0.3) is 0 Å². The molecule has 0 aliphatic carbocycles. The number of benzene rings is 1. The van der Waals surface area contributed by atoms with Crippen molar-refractivity contribution >= 4 is 28.9 Å². The molecule has 0 bridgehead atoms. The molecule has 1 aromatic carbocycles. The van der Waals surface area contributed by atoms with Gasteiger partial charge in [-0.1, -0.05) is 24.4 Å². The number of anilines is 1. The van der Waals surface area contributed by atoms with Crippen molar-refractivity contribution in [2.75, 3.05) is 11.9 Å². The molecule has 0 saturated carbocycles. The number of amides is 1. The van der Waals surface area contributed by atoms with Crippen LogP contribution in [0.15, 0.2) is 18.2 Å². The lowest BCUT2D eigenvalue weighted by Crippen LogP contribution is -2.11. The maximum atomic E-state index is 11.7. The Morgan fingerprint density at radius 1 is 1.30 bits per heavy atom. The fourth-order valence-corrected chi connectivity index (χ4v) is 1.94. The highest BCUT2D eigenvalue weighted by molar-refractivity contribution is 6.33. The number of carbonyl (C=O) groups excluding carboxylic acids is 1. The molecule has 0 radical (unpaired) electrons. The molecule has 0 heterocycles. The Morgan fingerprint density at radius 2 is 2.00 bits per heavy atom. The van der Waals surface area contributed by atoms with Gasteiger partial charge in [0.2, 0.25) is 5.91 Å². The number of non-ortho nitro benzene ring substituents is 1. The van der Waals surface area contributed by atoms with Gasteiger partial charge in [-0.05, 0) is 25.5 Å². The number of nitro benzene ring substituents is 1. The molecule has 1 aromatic rings. The average Bonchev–Trinajstić information content (AvgIpc) is 2.40. The van der Waals surface area contributed by atoms with Crippen LogP contribution >= 0.6 is 11.6 Å². The number of nitrogens with two attached hydrogens (primary N) is 1. The van der Waals surface area contributed by atoms with Gasteiger partial charge in [-0.3, -0.25) is 14.9 Å². The number of unbranched alkanes of at least 4 members (excludes halogenated alkanes) is 3. The van der Waals surface area contributed by atoms with E-state index in [1.54, 1.807) is 0 Å². The largest absolute Gasteiger partial charge is 0.330 e. The third-order valence-corrected chi connectivity index (χ3v) is 3.11. The molecule has 0 atom stereocenters. The summed E-state index contributed by atoms with van der Waals surface area (Å²) in [7, 11) is 0. The lowest BCUT2D eigenvalue weighted by molar-refractivity contribution is -0.384. The van der Waals surface area contributed by atoms with Gasteiger partial charge in [-0.15, -0.1) is 0 Å². The number of halogens is 1. The summed E-state index contributed by atoms with van der Waals surface area (Å²) in [5.74, 6) is -0.145. The highest BCUT2D eigenvalue weighted by Crippen LogP contribution is 2.26. The Labute approximate surface area is 122 Å². The normalized spacial score (nSPS) is 10.3. The molecule has 0 unspecified atom stereocenters. The average molecular weight is 300 g/mol. The van der Waals surface area contributed by atoms with Crippen LogP contribution in [0, 0.1) is 10.1 Å². The smallest absolute Gasteiger partial charge is 0.271 e. The van der Waals surface area contributed by atoms with Crippen LogP contribution in [0.5, 0.6) is 0 Å². The molecule has 20 heavy (non-hydrogen) atoms. The third kappa shape index (κ3) is 5.54. The van der Waals surface area contributed by atoms with Crippen molar-refractivity contribution < 1.29 is 9.72 Å². The summed E-state index contributed by atoms with van der Waals surface area (Å²) in [5.41, 5.74) is 5.67. The van der Waals surface area contributed by atoms with E-state index in [0.717, 1.165) is 25.7 Å². The van der Waals surface area contributed by atoms with Crippen LogP contribution in [-0.2, 0) is 4.79 Å². The van der Waals surface area contributed by atoms with Crippen LogP contribution in [0.2, 0.25) is 5.02 Å². The van der Waals surface area contributed by atoms with E-state index in [9.17, 15) is 14.9 Å². The SMILES string of the molecule is NCCCCCCC(=O)Nc1ccc([N+](=O)[O-])cc1Cl. The highest BCUT2D eigenvalue weighted by atomic mass is 35.5. The van der Waals surface area contributed by atoms with Crippen LogP contribution < -0.4 is 11.1 Å². The van der Waals surface area contributed by atoms with E-state index in [0.29, 0.717) is 18.7 Å². The van der Waals surface area contributed by atoms with Crippen molar-refractivity contribution in [2.24, 2.45) is 5.73 Å². The van der Waals surface area contributed by atoms with E-state index in [2.05, 4.69) is 5.32 Å². The van der Waals surface area contributed by atoms with Gasteiger partial charge in [-0.25, -0.2) is 0 Å². The number of nitrogens with one attached hydrogen (secondary N) is 1. The summed E-state index contributed by atoms with van der Waals surface area (Å²) in [6, 6.07) is 3.97. The maximum Gasteiger partial charge on any atom is 0.271 e. The Hall–Kier alpha value is -1.66. The fraction of sp³-hybridized carbons (Fsp3) is 0.462. The second-order valence-electron chi connectivity index (χ2n) is 4.42. The molecular weight excluding hydrogens is 282 g/mol. The molecule has 110 valence electrons. The topological polar surface area (TPSA) is 98.3 Å². The van der Waals surface area contributed by atoms with Crippen LogP contribution in [0.3, 0.4) is 0 Å². The minimum Gasteiger partial charge on any atom is -0.330 e. The lowest BCUT2D eigenvalue weighted by Gasteiger charge is -2.07. The molecule has 1 rings (SSSR count). The summed E-state index contributed by atoms with van der Waals surface area (Å²) < 4.78 is 0.